The van der Waals surface area contributed by atoms with Crippen LogP contribution in [0.1, 0.15) is 22.0 Å². The first-order valence-electron chi connectivity index (χ1n) is 6.46. The van der Waals surface area contributed by atoms with Crippen molar-refractivity contribution >= 4 is 5.78 Å². The highest BCUT2D eigenvalue weighted by molar-refractivity contribution is 6.06. The normalized spacial score (nSPS) is 21.0. The number of phenolic OH excluding ortho intramolecular Hbond substituents is 1. The molecule has 0 unspecified atom stereocenters. The summed E-state index contributed by atoms with van der Waals surface area (Å²) in [6.45, 7) is 0. The summed E-state index contributed by atoms with van der Waals surface area (Å²) < 4.78 is 5.52. The zero-order valence-electron chi connectivity index (χ0n) is 10.8. The Hall–Kier alpha value is -2.39. The summed E-state index contributed by atoms with van der Waals surface area (Å²) in [6.07, 6.45) is 3.17. The lowest BCUT2D eigenvalue weighted by atomic mass is 10.1. The van der Waals surface area contributed by atoms with E-state index in [0.29, 0.717) is 5.56 Å². The van der Waals surface area contributed by atoms with Gasteiger partial charge in [0.25, 0.3) is 0 Å². The lowest BCUT2D eigenvalue weighted by Gasteiger charge is -1.98. The molecule has 1 aliphatic rings. The summed E-state index contributed by atoms with van der Waals surface area (Å²) in [7, 11) is 0. The van der Waals surface area contributed by atoms with Gasteiger partial charge in [-0.3, -0.25) is 4.79 Å². The molecule has 0 amide bonds. The number of carbonyl (C=O) groups is 1. The Bertz CT molecular complexity index is 646. The van der Waals surface area contributed by atoms with Gasteiger partial charge in [0.2, 0.25) is 0 Å². The van der Waals surface area contributed by atoms with Crippen LogP contribution in [0, 0.1) is 0 Å². The number of para-hydroxylation sites is 1. The molecule has 1 aliphatic heterocycles. The fourth-order valence-corrected chi connectivity index (χ4v) is 2.14. The van der Waals surface area contributed by atoms with Gasteiger partial charge in [-0.05, 0) is 29.8 Å². The minimum atomic E-state index is -0.217. The molecule has 0 bridgehead atoms. The third-order valence-corrected chi connectivity index (χ3v) is 3.26. The second kappa shape index (κ2) is 5.31. The highest BCUT2D eigenvalue weighted by Gasteiger charge is 2.37. The predicted molar refractivity (Wildman–Crippen MR) is 75.6 cm³/mol. The van der Waals surface area contributed by atoms with Gasteiger partial charge < -0.3 is 9.84 Å². The Morgan fingerprint density at radius 1 is 1.05 bits per heavy atom. The van der Waals surface area contributed by atoms with Gasteiger partial charge in [0.05, 0.1) is 5.56 Å². The number of carbonyl (C=O) groups excluding carboxylic acids is 1. The molecule has 1 heterocycles. The molecule has 1 N–H and O–H groups in total. The summed E-state index contributed by atoms with van der Waals surface area (Å²) in [5, 5.41) is 9.61. The lowest BCUT2D eigenvalue weighted by molar-refractivity contribution is 0.104. The van der Waals surface area contributed by atoms with Crippen molar-refractivity contribution in [2.75, 3.05) is 0 Å². The van der Waals surface area contributed by atoms with Crippen LogP contribution in [0.5, 0.6) is 5.75 Å². The molecule has 3 heteroatoms. The summed E-state index contributed by atoms with van der Waals surface area (Å²) in [4.78, 5) is 11.9. The third-order valence-electron chi connectivity index (χ3n) is 3.26. The first-order chi connectivity index (χ1) is 9.75. The van der Waals surface area contributed by atoms with Gasteiger partial charge in [0, 0.05) is 0 Å². The number of epoxide rings is 1. The van der Waals surface area contributed by atoms with E-state index in [4.69, 9.17) is 4.74 Å². The lowest BCUT2D eigenvalue weighted by Crippen LogP contribution is -1.95. The molecule has 0 radical (unpaired) electrons. The first-order valence-corrected chi connectivity index (χ1v) is 6.46. The van der Waals surface area contributed by atoms with Crippen LogP contribution in [0.25, 0.3) is 0 Å². The van der Waals surface area contributed by atoms with Gasteiger partial charge in [-0.2, -0.15) is 0 Å². The highest BCUT2D eigenvalue weighted by atomic mass is 16.6. The molecule has 1 saturated heterocycles. The number of rotatable bonds is 4. The topological polar surface area (TPSA) is 49.8 Å². The number of phenols is 1. The Labute approximate surface area is 117 Å². The van der Waals surface area contributed by atoms with Crippen LogP contribution in [0.4, 0.5) is 0 Å². The number of hydrogen-bond acceptors (Lipinski definition) is 3. The first kappa shape index (κ1) is 12.6. The maximum atomic E-state index is 11.9. The van der Waals surface area contributed by atoms with Crippen LogP contribution in [-0.2, 0) is 4.74 Å². The van der Waals surface area contributed by atoms with Crippen molar-refractivity contribution in [3.63, 3.8) is 0 Å². The van der Waals surface area contributed by atoms with Crippen molar-refractivity contribution in [3.05, 3.63) is 77.9 Å². The van der Waals surface area contributed by atoms with E-state index >= 15 is 0 Å². The van der Waals surface area contributed by atoms with Gasteiger partial charge in [0.1, 0.15) is 18.0 Å². The number of ketones is 1. The van der Waals surface area contributed by atoms with Crippen molar-refractivity contribution in [1.82, 2.24) is 0 Å². The Balaban J connectivity index is 1.65. The Morgan fingerprint density at radius 3 is 2.50 bits per heavy atom. The molecular formula is C17H14O3. The molecule has 0 spiro atoms. The Kier molecular flexibility index (Phi) is 3.35. The molecule has 100 valence electrons. The van der Waals surface area contributed by atoms with Crippen LogP contribution in [0.2, 0.25) is 0 Å². The average molecular weight is 266 g/mol. The van der Waals surface area contributed by atoms with Crippen molar-refractivity contribution in [1.29, 1.82) is 0 Å². The van der Waals surface area contributed by atoms with Gasteiger partial charge in [-0.25, -0.2) is 0 Å². The zero-order valence-corrected chi connectivity index (χ0v) is 10.8. The van der Waals surface area contributed by atoms with Crippen LogP contribution >= 0.6 is 0 Å². The number of allylic oxidation sites excluding steroid dienone is 1. The van der Waals surface area contributed by atoms with Crippen molar-refractivity contribution in [3.8, 4) is 5.75 Å². The van der Waals surface area contributed by atoms with Crippen LogP contribution in [0.3, 0.4) is 0 Å². The number of benzene rings is 2. The smallest absolute Gasteiger partial charge is 0.189 e. The minimum Gasteiger partial charge on any atom is -0.507 e. The standard InChI is InChI=1S/C17H14O3/c18-14-9-5-4-8-13(14)15(19)10-11-16-17(20-16)12-6-2-1-3-7-12/h1-11,16-18H/b11-10+/t16-,17-/m1/s1. The van der Waals surface area contributed by atoms with E-state index in [1.54, 1.807) is 24.3 Å². The molecule has 20 heavy (non-hydrogen) atoms. The Morgan fingerprint density at radius 2 is 1.75 bits per heavy atom. The van der Waals surface area contributed by atoms with Gasteiger partial charge >= 0.3 is 0 Å². The van der Waals surface area contributed by atoms with E-state index in [1.807, 2.05) is 30.3 Å². The molecule has 2 aromatic rings. The van der Waals surface area contributed by atoms with Gasteiger partial charge in [-0.15, -0.1) is 0 Å². The monoisotopic (exact) mass is 266 g/mol. The second-order valence-electron chi connectivity index (χ2n) is 4.67. The highest BCUT2D eigenvalue weighted by Crippen LogP contribution is 2.39. The second-order valence-corrected chi connectivity index (χ2v) is 4.67. The fourth-order valence-electron chi connectivity index (χ4n) is 2.14. The van der Waals surface area contributed by atoms with Crippen LogP contribution in [0.15, 0.2) is 66.7 Å². The minimum absolute atomic E-state index is 0.00141. The molecule has 3 rings (SSSR count). The fraction of sp³-hybridized carbons (Fsp3) is 0.118. The molecule has 2 aromatic carbocycles. The zero-order chi connectivity index (χ0) is 13.9. The number of ether oxygens (including phenoxy) is 1. The summed E-state index contributed by atoms with van der Waals surface area (Å²) in [6, 6.07) is 16.4. The maximum Gasteiger partial charge on any atom is 0.189 e. The number of aromatic hydroxyl groups is 1. The number of hydrogen-bond donors (Lipinski definition) is 1. The van der Waals surface area contributed by atoms with Crippen LogP contribution < -0.4 is 0 Å². The average Bonchev–Trinajstić information content (AvgIpc) is 3.26. The molecule has 0 aliphatic carbocycles. The molecule has 3 nitrogen and oxygen atoms in total. The molecule has 2 atom stereocenters. The molecular weight excluding hydrogens is 252 g/mol. The van der Waals surface area contributed by atoms with Crippen molar-refractivity contribution in [2.24, 2.45) is 0 Å². The summed E-state index contributed by atoms with van der Waals surface area (Å²) in [5.74, 6) is -0.219. The van der Waals surface area contributed by atoms with Gasteiger partial charge in [0.15, 0.2) is 5.78 Å². The maximum absolute atomic E-state index is 11.9. The predicted octanol–water partition coefficient (Wildman–Crippen LogP) is 3.27. The quantitative estimate of drug-likeness (QED) is 0.525. The molecule has 1 fully saturated rings. The van der Waals surface area contributed by atoms with Crippen molar-refractivity contribution in [2.45, 2.75) is 12.2 Å². The SMILES string of the molecule is O=C(/C=C/[C@H]1O[C@@H]1c1ccccc1)c1ccccc1O. The van der Waals surface area contributed by atoms with E-state index in [1.165, 1.54) is 12.1 Å². The van der Waals surface area contributed by atoms with E-state index in [2.05, 4.69) is 0 Å². The summed E-state index contributed by atoms with van der Waals surface area (Å²) in [5.41, 5.74) is 1.41. The molecule has 0 aromatic heterocycles. The third kappa shape index (κ3) is 2.63. The van der Waals surface area contributed by atoms with E-state index in [-0.39, 0.29) is 23.7 Å². The van der Waals surface area contributed by atoms with E-state index in [0.717, 1.165) is 5.56 Å². The van der Waals surface area contributed by atoms with Crippen molar-refractivity contribution < 1.29 is 14.6 Å². The van der Waals surface area contributed by atoms with Gasteiger partial charge in [-0.1, -0.05) is 42.5 Å². The largest absolute Gasteiger partial charge is 0.507 e. The molecule has 0 saturated carbocycles. The van der Waals surface area contributed by atoms with Crippen LogP contribution in [-0.4, -0.2) is 17.0 Å². The van der Waals surface area contributed by atoms with E-state index in [9.17, 15) is 9.90 Å². The van der Waals surface area contributed by atoms with E-state index < -0.39 is 0 Å². The summed E-state index contributed by atoms with van der Waals surface area (Å²) >= 11 is 0.